The summed E-state index contributed by atoms with van der Waals surface area (Å²) < 4.78 is 13.3. The Balaban J connectivity index is 1.61. The molecular weight excluding hydrogens is 331 g/mol. The normalized spacial score (nSPS) is 15.5. The van der Waals surface area contributed by atoms with Gasteiger partial charge in [0.1, 0.15) is 10.8 Å². The van der Waals surface area contributed by atoms with Gasteiger partial charge in [0.05, 0.1) is 18.0 Å². The molecule has 1 saturated heterocycles. The molecule has 0 atom stereocenters. The number of carboxylic acid groups (broad SMARTS) is 1. The summed E-state index contributed by atoms with van der Waals surface area (Å²) in [6.07, 6.45) is 1.17. The summed E-state index contributed by atoms with van der Waals surface area (Å²) in [6, 6.07) is 6.21. The van der Waals surface area contributed by atoms with E-state index < -0.39 is 5.97 Å². The van der Waals surface area contributed by atoms with Crippen LogP contribution in [0.2, 0.25) is 0 Å². The number of hydrogen-bond acceptors (Lipinski definition) is 4. The van der Waals surface area contributed by atoms with Gasteiger partial charge in [0.2, 0.25) is 5.91 Å². The molecule has 24 heavy (non-hydrogen) atoms. The lowest BCUT2D eigenvalue weighted by molar-refractivity contribution is -0.145. The van der Waals surface area contributed by atoms with Crippen molar-refractivity contribution in [2.24, 2.45) is 5.92 Å². The maximum absolute atomic E-state index is 13.3. The number of aliphatic carboxylic acids is 1. The first kappa shape index (κ1) is 16.6. The lowest BCUT2D eigenvalue weighted by Gasteiger charge is -2.30. The number of benzene rings is 1. The van der Waals surface area contributed by atoms with Gasteiger partial charge in [-0.2, -0.15) is 0 Å². The minimum atomic E-state index is -0.790. The largest absolute Gasteiger partial charge is 0.481 e. The van der Waals surface area contributed by atoms with Gasteiger partial charge in [0.25, 0.3) is 0 Å². The number of carbonyl (C=O) groups excluding carboxylic acids is 1. The second-order valence-electron chi connectivity index (χ2n) is 5.82. The van der Waals surface area contributed by atoms with Crippen molar-refractivity contribution < 1.29 is 19.1 Å². The highest BCUT2D eigenvalue weighted by molar-refractivity contribution is 7.13. The molecule has 2 aromatic rings. The predicted molar refractivity (Wildman–Crippen MR) is 88.2 cm³/mol. The molecule has 0 unspecified atom stereocenters. The maximum atomic E-state index is 13.3. The molecule has 1 aromatic carbocycles. The van der Waals surface area contributed by atoms with Crippen LogP contribution in [0.1, 0.15) is 18.5 Å². The fraction of sp³-hybridized carbons (Fsp3) is 0.353. The van der Waals surface area contributed by atoms with Gasteiger partial charge in [-0.3, -0.25) is 9.59 Å². The van der Waals surface area contributed by atoms with Crippen molar-refractivity contribution in [1.29, 1.82) is 0 Å². The number of carbonyl (C=O) groups is 2. The van der Waals surface area contributed by atoms with E-state index >= 15 is 0 Å². The number of rotatable bonds is 4. The maximum Gasteiger partial charge on any atom is 0.306 e. The zero-order valence-corrected chi connectivity index (χ0v) is 13.8. The molecule has 1 aliphatic heterocycles. The Kier molecular flexibility index (Phi) is 4.89. The molecule has 1 aromatic heterocycles. The van der Waals surface area contributed by atoms with E-state index in [4.69, 9.17) is 5.11 Å². The highest BCUT2D eigenvalue weighted by Gasteiger charge is 2.27. The summed E-state index contributed by atoms with van der Waals surface area (Å²) in [5.74, 6) is -1.51. The average Bonchev–Trinajstić information content (AvgIpc) is 3.03. The Morgan fingerprint density at radius 2 is 2.08 bits per heavy atom. The molecule has 1 aliphatic rings. The number of halogens is 1. The lowest BCUT2D eigenvalue weighted by atomic mass is 9.97. The van der Waals surface area contributed by atoms with E-state index in [1.54, 1.807) is 17.0 Å². The number of aromatic nitrogens is 1. The Labute approximate surface area is 142 Å². The van der Waals surface area contributed by atoms with Gasteiger partial charge in [0.15, 0.2) is 0 Å². The van der Waals surface area contributed by atoms with Crippen LogP contribution in [0.15, 0.2) is 29.6 Å². The van der Waals surface area contributed by atoms with Gasteiger partial charge in [-0.15, -0.1) is 11.3 Å². The van der Waals surface area contributed by atoms with Crippen LogP contribution >= 0.6 is 11.3 Å². The molecule has 2 heterocycles. The van der Waals surface area contributed by atoms with Gasteiger partial charge >= 0.3 is 5.97 Å². The predicted octanol–water partition coefficient (Wildman–Crippen LogP) is 2.81. The topological polar surface area (TPSA) is 70.5 Å². The summed E-state index contributed by atoms with van der Waals surface area (Å²) in [5, 5.41) is 11.5. The van der Waals surface area contributed by atoms with Crippen LogP contribution in [-0.4, -0.2) is 40.0 Å². The van der Waals surface area contributed by atoms with Crippen molar-refractivity contribution in [3.05, 3.63) is 41.2 Å². The highest BCUT2D eigenvalue weighted by atomic mass is 32.1. The van der Waals surface area contributed by atoms with Crippen molar-refractivity contribution in [2.75, 3.05) is 13.1 Å². The van der Waals surface area contributed by atoms with Gasteiger partial charge in [-0.1, -0.05) is 12.1 Å². The Morgan fingerprint density at radius 3 is 2.75 bits per heavy atom. The van der Waals surface area contributed by atoms with Crippen LogP contribution in [0.3, 0.4) is 0 Å². The van der Waals surface area contributed by atoms with Crippen LogP contribution in [0.4, 0.5) is 4.39 Å². The fourth-order valence-corrected chi connectivity index (χ4v) is 3.60. The van der Waals surface area contributed by atoms with Crippen molar-refractivity contribution in [3.63, 3.8) is 0 Å². The first-order chi connectivity index (χ1) is 11.5. The van der Waals surface area contributed by atoms with Gasteiger partial charge in [-0.05, 0) is 25.0 Å². The quantitative estimate of drug-likeness (QED) is 0.922. The molecule has 1 fully saturated rings. The molecule has 0 aliphatic carbocycles. The van der Waals surface area contributed by atoms with Crippen molar-refractivity contribution in [3.8, 4) is 10.6 Å². The molecule has 126 valence electrons. The first-order valence-electron chi connectivity index (χ1n) is 7.74. The molecule has 3 rings (SSSR count). The number of thiazole rings is 1. The second-order valence-corrected chi connectivity index (χ2v) is 6.68. The third kappa shape index (κ3) is 3.79. The highest BCUT2D eigenvalue weighted by Crippen LogP contribution is 2.25. The van der Waals surface area contributed by atoms with Crippen molar-refractivity contribution in [2.45, 2.75) is 19.3 Å². The molecule has 1 amide bonds. The van der Waals surface area contributed by atoms with Crippen LogP contribution in [0, 0.1) is 11.7 Å². The van der Waals surface area contributed by atoms with E-state index in [2.05, 4.69) is 4.98 Å². The molecule has 1 N–H and O–H groups in total. The van der Waals surface area contributed by atoms with Crippen molar-refractivity contribution in [1.82, 2.24) is 9.88 Å². The number of piperidine rings is 1. The smallest absolute Gasteiger partial charge is 0.306 e. The van der Waals surface area contributed by atoms with E-state index in [-0.39, 0.29) is 24.1 Å². The molecular formula is C17H17FN2O3S. The Hall–Kier alpha value is -2.28. The number of hydrogen-bond donors (Lipinski definition) is 1. The third-order valence-electron chi connectivity index (χ3n) is 4.15. The van der Waals surface area contributed by atoms with Crippen LogP contribution in [0.5, 0.6) is 0 Å². The van der Waals surface area contributed by atoms with E-state index in [1.807, 2.05) is 5.38 Å². The van der Waals surface area contributed by atoms with E-state index in [1.165, 1.54) is 23.5 Å². The zero-order valence-electron chi connectivity index (χ0n) is 12.9. The molecule has 5 nitrogen and oxygen atoms in total. The molecule has 0 saturated carbocycles. The average molecular weight is 348 g/mol. The number of nitrogens with zero attached hydrogens (tertiary/aromatic N) is 2. The lowest BCUT2D eigenvalue weighted by Crippen LogP contribution is -2.41. The molecule has 0 bridgehead atoms. The van der Waals surface area contributed by atoms with Gasteiger partial charge in [-0.25, -0.2) is 9.37 Å². The summed E-state index contributed by atoms with van der Waals surface area (Å²) in [5.41, 5.74) is 1.35. The van der Waals surface area contributed by atoms with Gasteiger partial charge < -0.3 is 10.0 Å². The Bertz CT molecular complexity index is 754. The monoisotopic (exact) mass is 348 g/mol. The standard InChI is InChI=1S/C17H17FN2O3S/c18-13-3-1-2-12(8-13)16-19-14(10-24-16)9-15(21)20-6-4-11(5-7-20)17(22)23/h1-3,8,10-11H,4-7,9H2,(H,22,23). The van der Waals surface area contributed by atoms with Crippen LogP contribution in [0.25, 0.3) is 10.6 Å². The van der Waals surface area contributed by atoms with Crippen LogP contribution < -0.4 is 0 Å². The summed E-state index contributed by atoms with van der Waals surface area (Å²) >= 11 is 1.38. The second kappa shape index (κ2) is 7.09. The summed E-state index contributed by atoms with van der Waals surface area (Å²) in [6.45, 7) is 0.938. The first-order valence-corrected chi connectivity index (χ1v) is 8.62. The third-order valence-corrected chi connectivity index (χ3v) is 5.09. The van der Waals surface area contributed by atoms with Gasteiger partial charge in [0, 0.05) is 24.0 Å². The van der Waals surface area contributed by atoms with Crippen LogP contribution in [-0.2, 0) is 16.0 Å². The number of likely N-dealkylation sites (tertiary alicyclic amines) is 1. The molecule has 0 radical (unpaired) electrons. The fourth-order valence-electron chi connectivity index (χ4n) is 2.78. The minimum Gasteiger partial charge on any atom is -0.481 e. The summed E-state index contributed by atoms with van der Waals surface area (Å²) in [7, 11) is 0. The van der Waals surface area contributed by atoms with E-state index in [0.717, 1.165) is 0 Å². The Morgan fingerprint density at radius 1 is 1.33 bits per heavy atom. The number of carboxylic acids is 1. The van der Waals surface area contributed by atoms with E-state index in [0.29, 0.717) is 42.2 Å². The van der Waals surface area contributed by atoms with E-state index in [9.17, 15) is 14.0 Å². The zero-order chi connectivity index (χ0) is 17.1. The molecule has 0 spiro atoms. The number of amides is 1. The minimum absolute atomic E-state index is 0.0464. The molecule has 7 heteroatoms. The SMILES string of the molecule is O=C(O)C1CCN(C(=O)Cc2csc(-c3cccc(F)c3)n2)CC1. The summed E-state index contributed by atoms with van der Waals surface area (Å²) in [4.78, 5) is 29.4. The van der Waals surface area contributed by atoms with Crippen molar-refractivity contribution >= 4 is 23.2 Å².